The summed E-state index contributed by atoms with van der Waals surface area (Å²) in [7, 11) is -3.63. The number of hydrogen-bond acceptors (Lipinski definition) is 10. The molecule has 43 heavy (non-hydrogen) atoms. The molecular formula is C29H29N5O8S. The highest BCUT2D eigenvalue weighted by molar-refractivity contribution is 7.75. The topological polar surface area (TPSA) is 195 Å². The second-order valence-electron chi connectivity index (χ2n) is 9.84. The smallest absolute Gasteiger partial charge is 0.405 e. The summed E-state index contributed by atoms with van der Waals surface area (Å²) in [5, 5.41) is 23.8. The van der Waals surface area contributed by atoms with Gasteiger partial charge in [0.2, 0.25) is 10.9 Å². The predicted molar refractivity (Wildman–Crippen MR) is 157 cm³/mol. The van der Waals surface area contributed by atoms with E-state index in [0.717, 1.165) is 37.3 Å². The van der Waals surface area contributed by atoms with Crippen LogP contribution in [0.2, 0.25) is 0 Å². The number of nitrogens with zero attached hydrogens (tertiary/aromatic N) is 3. The number of rotatable bonds is 12. The van der Waals surface area contributed by atoms with Crippen molar-refractivity contribution >= 4 is 40.0 Å². The van der Waals surface area contributed by atoms with Crippen molar-refractivity contribution in [2.24, 2.45) is 5.73 Å². The number of thiol groups is 1. The predicted octanol–water partition coefficient (Wildman–Crippen LogP) is 3.97. The van der Waals surface area contributed by atoms with Crippen molar-refractivity contribution in [3.05, 3.63) is 93.5 Å². The summed E-state index contributed by atoms with van der Waals surface area (Å²) in [6.07, 6.45) is 0.519. The van der Waals surface area contributed by atoms with Crippen LogP contribution in [0.3, 0.4) is 0 Å². The van der Waals surface area contributed by atoms with Crippen LogP contribution in [0.5, 0.6) is 5.75 Å². The zero-order valence-corrected chi connectivity index (χ0v) is 23.8. The molecule has 0 bridgehead atoms. The second-order valence-corrected chi connectivity index (χ2v) is 10.7. The maximum Gasteiger partial charge on any atom is 0.405 e. The van der Waals surface area contributed by atoms with Gasteiger partial charge in [0.15, 0.2) is 6.10 Å². The lowest BCUT2D eigenvalue weighted by Gasteiger charge is -2.23. The molecule has 3 aromatic rings. The molecule has 224 valence electrons. The van der Waals surface area contributed by atoms with Crippen molar-refractivity contribution in [2.45, 2.75) is 50.9 Å². The number of ether oxygens (including phenoxy) is 2. The monoisotopic (exact) mass is 607 g/mol. The van der Waals surface area contributed by atoms with Crippen molar-refractivity contribution in [1.29, 1.82) is 5.26 Å². The molecule has 0 heterocycles. The largest absolute Gasteiger partial charge is 0.489 e. The van der Waals surface area contributed by atoms with E-state index in [1.165, 1.54) is 12.1 Å². The number of nitrogens with one attached hydrogen (secondary N) is 1. The van der Waals surface area contributed by atoms with Gasteiger partial charge >= 0.3 is 6.09 Å². The summed E-state index contributed by atoms with van der Waals surface area (Å²) in [5.74, 6) is -0.656. The number of primary amides is 1. The third kappa shape index (κ3) is 8.20. The number of nitriles is 1. The van der Waals surface area contributed by atoms with E-state index < -0.39 is 39.6 Å². The van der Waals surface area contributed by atoms with Gasteiger partial charge in [0.25, 0.3) is 11.6 Å². The Morgan fingerprint density at radius 2 is 1.72 bits per heavy atom. The molecule has 0 spiro atoms. The number of carbonyl (C=O) groups is 2. The Balaban J connectivity index is 1.51. The number of hydrogen-bond donors (Lipinski definition) is 3. The Bertz CT molecular complexity index is 1590. The first-order chi connectivity index (χ1) is 20.6. The Morgan fingerprint density at radius 1 is 1.07 bits per heavy atom. The van der Waals surface area contributed by atoms with Gasteiger partial charge in [-0.3, -0.25) is 14.9 Å². The zero-order chi connectivity index (χ0) is 30.9. The fourth-order valence-corrected chi connectivity index (χ4v) is 5.35. The van der Waals surface area contributed by atoms with Crippen LogP contribution in [0.25, 0.3) is 0 Å². The van der Waals surface area contributed by atoms with E-state index in [2.05, 4.69) is 5.32 Å². The molecule has 14 heteroatoms. The minimum absolute atomic E-state index is 0.0551. The lowest BCUT2D eigenvalue weighted by molar-refractivity contribution is -0.383. The Kier molecular flexibility index (Phi) is 10.1. The first-order valence-electron chi connectivity index (χ1n) is 13.3. The van der Waals surface area contributed by atoms with Crippen LogP contribution in [0, 0.1) is 21.4 Å². The maximum atomic E-state index is 13.4. The number of amides is 2. The molecule has 2 amide bonds. The molecule has 1 aliphatic rings. The standard InChI is InChI=1S/C29H29N5O8S/c30-17-20-5-7-21(8-6-20)18-41-24-12-9-19(10-13-24)15-27(42-29(31)36)28(35)33(43(39)40)23-11-14-25(26(16-23)34(37)38)32-22-3-1-2-4-22/h5-14,16,22,27,32,43H,1-4,15,18H2,(H2,31,36)/t27-/m0/s1. The number of benzene rings is 3. The summed E-state index contributed by atoms with van der Waals surface area (Å²) >= 11 is 0. The minimum atomic E-state index is -3.63. The van der Waals surface area contributed by atoms with Gasteiger partial charge in [0.1, 0.15) is 18.0 Å². The zero-order valence-electron chi connectivity index (χ0n) is 22.9. The fourth-order valence-electron chi connectivity index (χ4n) is 4.75. The van der Waals surface area contributed by atoms with Crippen molar-refractivity contribution in [1.82, 2.24) is 0 Å². The van der Waals surface area contributed by atoms with Gasteiger partial charge in [-0.15, -0.1) is 0 Å². The second kappa shape index (κ2) is 14.1. The molecule has 13 nitrogen and oxygen atoms in total. The first-order valence-corrected chi connectivity index (χ1v) is 14.5. The molecule has 1 fully saturated rings. The van der Waals surface area contributed by atoms with E-state index in [1.54, 1.807) is 48.5 Å². The van der Waals surface area contributed by atoms with Gasteiger partial charge in [0, 0.05) is 18.5 Å². The third-order valence-corrected chi connectivity index (χ3v) is 7.63. The first kappa shape index (κ1) is 30.8. The number of nitrogens with two attached hydrogens (primary N) is 1. The van der Waals surface area contributed by atoms with E-state index in [9.17, 15) is 28.1 Å². The van der Waals surface area contributed by atoms with Crippen LogP contribution in [0.1, 0.15) is 42.4 Å². The molecule has 0 aromatic heterocycles. The summed E-state index contributed by atoms with van der Waals surface area (Å²) in [5.41, 5.74) is 6.58. The molecule has 0 radical (unpaired) electrons. The van der Waals surface area contributed by atoms with Gasteiger partial charge < -0.3 is 20.5 Å². The van der Waals surface area contributed by atoms with Gasteiger partial charge in [-0.05, 0) is 60.4 Å². The number of nitro groups is 1. The lowest BCUT2D eigenvalue weighted by atomic mass is 10.1. The molecule has 3 N–H and O–H groups in total. The highest BCUT2D eigenvalue weighted by Gasteiger charge is 2.32. The van der Waals surface area contributed by atoms with Crippen molar-refractivity contribution in [2.75, 3.05) is 9.62 Å². The van der Waals surface area contributed by atoms with E-state index >= 15 is 0 Å². The minimum Gasteiger partial charge on any atom is -0.489 e. The number of carbonyl (C=O) groups excluding carboxylic acids is 2. The normalized spacial score (nSPS) is 13.6. The molecule has 1 saturated carbocycles. The summed E-state index contributed by atoms with van der Waals surface area (Å²) in [6, 6.07) is 19.1. The van der Waals surface area contributed by atoms with Crippen LogP contribution in [0.15, 0.2) is 66.7 Å². The summed E-state index contributed by atoms with van der Waals surface area (Å²) in [4.78, 5) is 36.2. The molecule has 1 aliphatic carbocycles. The van der Waals surface area contributed by atoms with E-state index in [4.69, 9.17) is 20.5 Å². The van der Waals surface area contributed by atoms with Gasteiger partial charge in [0.05, 0.1) is 22.2 Å². The molecule has 0 unspecified atom stereocenters. The quantitative estimate of drug-likeness (QED) is 0.154. The Hall–Kier alpha value is -5.16. The SMILES string of the molecule is N#Cc1ccc(COc2ccc(C[C@H](OC(N)=O)C(=O)N(c3ccc(NC4CCCC4)c([N+](=O)[O-])c3)[SH](=O)=O)cc2)cc1. The van der Waals surface area contributed by atoms with Crippen LogP contribution in [0.4, 0.5) is 21.9 Å². The van der Waals surface area contributed by atoms with E-state index in [-0.39, 0.29) is 30.4 Å². The summed E-state index contributed by atoms with van der Waals surface area (Å²) < 4.78 is 35.6. The van der Waals surface area contributed by atoms with Crippen molar-refractivity contribution in [3.8, 4) is 11.8 Å². The van der Waals surface area contributed by atoms with E-state index in [0.29, 0.717) is 21.2 Å². The lowest BCUT2D eigenvalue weighted by Crippen LogP contribution is -2.42. The molecule has 1 atom stereocenters. The Morgan fingerprint density at radius 3 is 2.30 bits per heavy atom. The van der Waals surface area contributed by atoms with Gasteiger partial charge in [-0.1, -0.05) is 37.1 Å². The van der Waals surface area contributed by atoms with Gasteiger partial charge in [-0.25, -0.2) is 17.5 Å². The molecule has 0 aliphatic heterocycles. The molecular weight excluding hydrogens is 578 g/mol. The Labute approximate surface area is 249 Å². The molecule has 4 rings (SSSR count). The number of anilines is 2. The average molecular weight is 608 g/mol. The summed E-state index contributed by atoms with van der Waals surface area (Å²) in [6.45, 7) is 0.240. The van der Waals surface area contributed by atoms with E-state index in [1.807, 2.05) is 6.07 Å². The average Bonchev–Trinajstić information content (AvgIpc) is 3.50. The third-order valence-electron chi connectivity index (χ3n) is 6.88. The highest BCUT2D eigenvalue weighted by Crippen LogP contribution is 2.33. The van der Waals surface area contributed by atoms with Crippen molar-refractivity contribution in [3.63, 3.8) is 0 Å². The molecule has 0 saturated heterocycles. The fraction of sp³-hybridized carbons (Fsp3) is 0.276. The van der Waals surface area contributed by atoms with Crippen LogP contribution in [-0.4, -0.2) is 37.5 Å². The molecule has 3 aromatic carbocycles. The van der Waals surface area contributed by atoms with Gasteiger partial charge in [-0.2, -0.15) is 5.26 Å². The van der Waals surface area contributed by atoms with Crippen LogP contribution >= 0.6 is 0 Å². The highest BCUT2D eigenvalue weighted by atomic mass is 32.2. The number of nitro benzene ring substituents is 1. The maximum absolute atomic E-state index is 13.4. The van der Waals surface area contributed by atoms with Crippen LogP contribution in [-0.2, 0) is 33.4 Å². The van der Waals surface area contributed by atoms with Crippen LogP contribution < -0.4 is 20.1 Å². The van der Waals surface area contributed by atoms with Crippen molar-refractivity contribution < 1.29 is 32.4 Å².